The molecule has 0 aliphatic heterocycles. The van der Waals surface area contributed by atoms with Gasteiger partial charge < -0.3 is 9.64 Å². The molecule has 0 heterocycles. The van der Waals surface area contributed by atoms with Crippen LogP contribution in [0.25, 0.3) is 10.8 Å². The Balaban J connectivity index is 2.44. The summed E-state index contributed by atoms with van der Waals surface area (Å²) in [5, 5.41) is 1.71. The molecule has 0 amide bonds. The Kier molecular flexibility index (Phi) is 4.32. The summed E-state index contributed by atoms with van der Waals surface area (Å²) in [5.41, 5.74) is 1.03. The molecular formula is C15H17F2NO. The lowest BCUT2D eigenvalue weighted by atomic mass is 10.0. The number of alkyl halides is 2. The first-order valence-electron chi connectivity index (χ1n) is 6.18. The second kappa shape index (κ2) is 5.97. The van der Waals surface area contributed by atoms with E-state index < -0.39 is 6.61 Å². The number of benzene rings is 2. The summed E-state index contributed by atoms with van der Waals surface area (Å²) in [7, 11) is 3.98. The van der Waals surface area contributed by atoms with E-state index in [1.165, 1.54) is 0 Å². The molecule has 0 N–H and O–H groups in total. The van der Waals surface area contributed by atoms with Gasteiger partial charge in [0.05, 0.1) is 0 Å². The average Bonchev–Trinajstić information content (AvgIpc) is 2.35. The van der Waals surface area contributed by atoms with E-state index in [1.54, 1.807) is 12.1 Å². The number of halogens is 2. The maximum Gasteiger partial charge on any atom is 0.387 e. The van der Waals surface area contributed by atoms with Crippen molar-refractivity contribution in [2.24, 2.45) is 0 Å². The summed E-state index contributed by atoms with van der Waals surface area (Å²) >= 11 is 0. The number of nitrogens with zero attached hydrogens (tertiary/aromatic N) is 1. The smallest absolute Gasteiger partial charge is 0.387 e. The van der Waals surface area contributed by atoms with Crippen molar-refractivity contribution in [1.82, 2.24) is 4.90 Å². The molecule has 2 nitrogen and oxygen atoms in total. The van der Waals surface area contributed by atoms with Crippen LogP contribution in [0.5, 0.6) is 5.75 Å². The third-order valence-electron chi connectivity index (χ3n) is 3.00. The van der Waals surface area contributed by atoms with E-state index in [0.717, 1.165) is 29.3 Å². The van der Waals surface area contributed by atoms with Crippen LogP contribution in [0.2, 0.25) is 0 Å². The Morgan fingerprint density at radius 3 is 2.42 bits per heavy atom. The van der Waals surface area contributed by atoms with Gasteiger partial charge in [-0.15, -0.1) is 0 Å². The van der Waals surface area contributed by atoms with Crippen molar-refractivity contribution in [2.45, 2.75) is 13.0 Å². The molecule has 0 unspecified atom stereocenters. The zero-order valence-corrected chi connectivity index (χ0v) is 11.1. The molecule has 0 saturated carbocycles. The van der Waals surface area contributed by atoms with Crippen LogP contribution in [-0.4, -0.2) is 32.2 Å². The maximum absolute atomic E-state index is 12.5. The van der Waals surface area contributed by atoms with Crippen molar-refractivity contribution >= 4 is 10.8 Å². The highest BCUT2D eigenvalue weighted by Gasteiger charge is 2.11. The highest BCUT2D eigenvalue weighted by Crippen LogP contribution is 2.30. The van der Waals surface area contributed by atoms with Crippen molar-refractivity contribution in [3.63, 3.8) is 0 Å². The van der Waals surface area contributed by atoms with Gasteiger partial charge in [0, 0.05) is 11.9 Å². The first-order valence-corrected chi connectivity index (χ1v) is 6.18. The molecule has 4 heteroatoms. The molecule has 0 aliphatic rings. The van der Waals surface area contributed by atoms with Gasteiger partial charge in [-0.2, -0.15) is 8.78 Å². The number of ether oxygens (including phenoxy) is 1. The molecule has 0 atom stereocenters. The zero-order valence-electron chi connectivity index (χ0n) is 11.1. The van der Waals surface area contributed by atoms with E-state index in [2.05, 4.69) is 9.64 Å². The van der Waals surface area contributed by atoms with Crippen LogP contribution in [0.1, 0.15) is 5.56 Å². The van der Waals surface area contributed by atoms with Crippen LogP contribution in [0.3, 0.4) is 0 Å². The summed E-state index contributed by atoms with van der Waals surface area (Å²) in [5.74, 6) is 0.252. The van der Waals surface area contributed by atoms with Crippen LogP contribution < -0.4 is 4.74 Å². The Hall–Kier alpha value is -1.68. The minimum absolute atomic E-state index is 0.252. The summed E-state index contributed by atoms with van der Waals surface area (Å²) in [4.78, 5) is 2.06. The minimum atomic E-state index is -2.80. The van der Waals surface area contributed by atoms with Gasteiger partial charge in [-0.25, -0.2) is 0 Å². The van der Waals surface area contributed by atoms with Gasteiger partial charge in [0.25, 0.3) is 0 Å². The molecule has 0 radical (unpaired) electrons. The van der Waals surface area contributed by atoms with Gasteiger partial charge in [0.15, 0.2) is 0 Å². The first kappa shape index (κ1) is 13.7. The molecule has 2 aromatic rings. The van der Waals surface area contributed by atoms with Crippen molar-refractivity contribution in [3.05, 3.63) is 42.0 Å². The summed E-state index contributed by atoms with van der Waals surface area (Å²) in [6, 6.07) is 11.0. The maximum atomic E-state index is 12.5. The lowest BCUT2D eigenvalue weighted by molar-refractivity contribution is -0.0488. The highest BCUT2D eigenvalue weighted by atomic mass is 19.3. The van der Waals surface area contributed by atoms with Crippen molar-refractivity contribution < 1.29 is 13.5 Å². The minimum Gasteiger partial charge on any atom is -0.434 e. The van der Waals surface area contributed by atoms with E-state index in [0.29, 0.717) is 0 Å². The van der Waals surface area contributed by atoms with Gasteiger partial charge in [0.2, 0.25) is 0 Å². The number of fused-ring (bicyclic) bond motifs is 1. The fourth-order valence-electron chi connectivity index (χ4n) is 2.13. The topological polar surface area (TPSA) is 12.5 Å². The first-order chi connectivity index (χ1) is 9.08. The largest absolute Gasteiger partial charge is 0.434 e. The van der Waals surface area contributed by atoms with Gasteiger partial charge in [-0.1, -0.05) is 30.3 Å². The third-order valence-corrected chi connectivity index (χ3v) is 3.00. The molecule has 19 heavy (non-hydrogen) atoms. The molecule has 2 aromatic carbocycles. The van der Waals surface area contributed by atoms with Crippen LogP contribution >= 0.6 is 0 Å². The molecule has 0 aromatic heterocycles. The van der Waals surface area contributed by atoms with Crippen molar-refractivity contribution in [2.75, 3.05) is 20.6 Å². The number of hydrogen-bond donors (Lipinski definition) is 0. The van der Waals surface area contributed by atoms with Gasteiger partial charge in [0.1, 0.15) is 5.75 Å². The van der Waals surface area contributed by atoms with Crippen LogP contribution in [0.15, 0.2) is 36.4 Å². The summed E-state index contributed by atoms with van der Waals surface area (Å²) in [6.07, 6.45) is 0.800. The third kappa shape index (κ3) is 3.41. The average molecular weight is 265 g/mol. The standard InChI is InChI=1S/C15H17F2NO/c1-18(2)10-9-12-6-3-5-11-7-4-8-13(14(11)12)19-15(16)17/h3-8,15H,9-10H2,1-2H3. The second-order valence-corrected chi connectivity index (χ2v) is 4.70. The number of rotatable bonds is 5. The Morgan fingerprint density at radius 1 is 1.11 bits per heavy atom. The number of likely N-dealkylation sites (N-methyl/N-ethyl adjacent to an activating group) is 1. The van der Waals surface area contributed by atoms with Gasteiger partial charge in [-0.05, 0) is 37.5 Å². The van der Waals surface area contributed by atoms with Crippen molar-refractivity contribution in [3.8, 4) is 5.75 Å². The quantitative estimate of drug-likeness (QED) is 0.819. The molecule has 0 bridgehead atoms. The van der Waals surface area contributed by atoms with E-state index in [-0.39, 0.29) is 5.75 Å². The predicted molar refractivity (Wildman–Crippen MR) is 72.8 cm³/mol. The molecule has 102 valence electrons. The predicted octanol–water partition coefficient (Wildman–Crippen LogP) is 3.55. The summed E-state index contributed by atoms with van der Waals surface area (Å²) in [6.45, 7) is -1.94. The normalized spacial score (nSPS) is 11.5. The zero-order chi connectivity index (χ0) is 13.8. The Bertz CT molecular complexity index is 550. The number of hydrogen-bond acceptors (Lipinski definition) is 2. The molecule has 0 aliphatic carbocycles. The van der Waals surface area contributed by atoms with Crippen molar-refractivity contribution in [1.29, 1.82) is 0 Å². The van der Waals surface area contributed by atoms with E-state index in [1.807, 2.05) is 38.4 Å². The Labute approximate surface area is 111 Å². The molecule has 2 rings (SSSR count). The monoisotopic (exact) mass is 265 g/mol. The molecule has 0 spiro atoms. The molecule has 0 saturated heterocycles. The molecular weight excluding hydrogens is 248 g/mol. The lowest BCUT2D eigenvalue weighted by Crippen LogP contribution is -2.15. The summed E-state index contributed by atoms with van der Waals surface area (Å²) < 4.78 is 29.6. The molecule has 0 fully saturated rings. The van der Waals surface area contributed by atoms with Gasteiger partial charge in [-0.3, -0.25) is 0 Å². The van der Waals surface area contributed by atoms with E-state index >= 15 is 0 Å². The van der Waals surface area contributed by atoms with Gasteiger partial charge >= 0.3 is 6.61 Å². The van der Waals surface area contributed by atoms with Crippen LogP contribution in [0, 0.1) is 0 Å². The Morgan fingerprint density at radius 2 is 1.79 bits per heavy atom. The second-order valence-electron chi connectivity index (χ2n) is 4.70. The van der Waals surface area contributed by atoms with Crippen LogP contribution in [0.4, 0.5) is 8.78 Å². The van der Waals surface area contributed by atoms with E-state index in [9.17, 15) is 8.78 Å². The highest BCUT2D eigenvalue weighted by molar-refractivity contribution is 5.91. The van der Waals surface area contributed by atoms with Crippen LogP contribution in [-0.2, 0) is 6.42 Å². The lowest BCUT2D eigenvalue weighted by Gasteiger charge is -2.14. The van der Waals surface area contributed by atoms with E-state index in [4.69, 9.17) is 0 Å². The fraction of sp³-hybridized carbons (Fsp3) is 0.333. The fourth-order valence-corrected chi connectivity index (χ4v) is 2.13. The SMILES string of the molecule is CN(C)CCc1cccc2cccc(OC(F)F)c12.